The Kier molecular flexibility index (Phi) is 4.87. The molecule has 23 heavy (non-hydrogen) atoms. The van der Waals surface area contributed by atoms with Gasteiger partial charge in [0.05, 0.1) is 0 Å². The molecule has 0 aliphatic carbocycles. The Morgan fingerprint density at radius 2 is 1.48 bits per heavy atom. The van der Waals surface area contributed by atoms with Crippen LogP contribution in [0.15, 0.2) is 66.7 Å². The highest BCUT2D eigenvalue weighted by Gasteiger charge is 2.02. The Morgan fingerprint density at radius 3 is 2.26 bits per heavy atom. The van der Waals surface area contributed by atoms with E-state index >= 15 is 0 Å². The fourth-order valence-electron chi connectivity index (χ4n) is 3.06. The predicted molar refractivity (Wildman–Crippen MR) is 97.0 cm³/mol. The van der Waals surface area contributed by atoms with Crippen molar-refractivity contribution >= 4 is 16.6 Å². The normalized spacial score (nSPS) is 10.8. The monoisotopic (exact) mass is 302 g/mol. The number of hydrogen-bond donors (Lipinski definition) is 0. The van der Waals surface area contributed by atoms with E-state index in [1.165, 1.54) is 34.7 Å². The lowest BCUT2D eigenvalue weighted by Gasteiger charge is -2.07. The van der Waals surface area contributed by atoms with Gasteiger partial charge in [0.25, 0.3) is 0 Å². The number of carbonyl (C=O) groups is 1. The van der Waals surface area contributed by atoms with E-state index in [2.05, 4.69) is 54.6 Å². The number of ketones is 1. The first-order chi connectivity index (χ1) is 11.2. The molecule has 0 aromatic heterocycles. The smallest absolute Gasteiger partial charge is 0.159 e. The molecule has 0 bridgehead atoms. The van der Waals surface area contributed by atoms with Gasteiger partial charge < -0.3 is 0 Å². The van der Waals surface area contributed by atoms with Crippen LogP contribution in [0.1, 0.15) is 41.3 Å². The summed E-state index contributed by atoms with van der Waals surface area (Å²) in [5.74, 6) is 0.132. The molecule has 0 heterocycles. The van der Waals surface area contributed by atoms with E-state index in [0.717, 1.165) is 18.4 Å². The van der Waals surface area contributed by atoms with Crippen molar-refractivity contribution in [1.29, 1.82) is 0 Å². The molecule has 0 N–H and O–H groups in total. The molecule has 1 heteroatoms. The van der Waals surface area contributed by atoms with Crippen molar-refractivity contribution in [2.75, 3.05) is 0 Å². The molecule has 3 aromatic carbocycles. The quantitative estimate of drug-likeness (QED) is 0.427. The highest BCUT2D eigenvalue weighted by atomic mass is 16.1. The van der Waals surface area contributed by atoms with Crippen molar-refractivity contribution in [3.8, 4) is 0 Å². The van der Waals surface area contributed by atoms with E-state index in [0.29, 0.717) is 0 Å². The van der Waals surface area contributed by atoms with Gasteiger partial charge in [0, 0.05) is 5.56 Å². The molecular weight excluding hydrogens is 280 g/mol. The van der Waals surface area contributed by atoms with Crippen molar-refractivity contribution in [1.82, 2.24) is 0 Å². The number of fused-ring (bicyclic) bond motifs is 1. The summed E-state index contributed by atoms with van der Waals surface area (Å²) in [6.07, 6.45) is 4.54. The van der Waals surface area contributed by atoms with Crippen molar-refractivity contribution < 1.29 is 4.79 Å². The molecule has 0 unspecified atom stereocenters. The molecule has 0 atom stereocenters. The highest BCUT2D eigenvalue weighted by molar-refractivity contribution is 5.94. The second kappa shape index (κ2) is 7.23. The van der Waals surface area contributed by atoms with Crippen LogP contribution >= 0.6 is 0 Å². The number of benzene rings is 3. The number of rotatable bonds is 6. The van der Waals surface area contributed by atoms with E-state index in [1.807, 2.05) is 12.1 Å². The lowest BCUT2D eigenvalue weighted by molar-refractivity contribution is 0.101. The molecule has 0 aliphatic rings. The Morgan fingerprint density at radius 1 is 0.783 bits per heavy atom. The first-order valence-corrected chi connectivity index (χ1v) is 8.30. The molecule has 0 amide bonds. The van der Waals surface area contributed by atoms with Crippen LogP contribution in [0.2, 0.25) is 0 Å². The van der Waals surface area contributed by atoms with Gasteiger partial charge in [-0.2, -0.15) is 0 Å². The Hall–Kier alpha value is -2.41. The van der Waals surface area contributed by atoms with Gasteiger partial charge in [-0.1, -0.05) is 66.7 Å². The number of hydrogen-bond acceptors (Lipinski definition) is 1. The summed E-state index contributed by atoms with van der Waals surface area (Å²) in [4.78, 5) is 11.3. The molecule has 0 fully saturated rings. The van der Waals surface area contributed by atoms with Crippen LogP contribution in [-0.2, 0) is 12.8 Å². The minimum absolute atomic E-state index is 0.132. The number of carbonyl (C=O) groups excluding carboxylic acids is 1. The maximum Gasteiger partial charge on any atom is 0.159 e. The maximum atomic E-state index is 11.3. The largest absolute Gasteiger partial charge is 0.295 e. The summed E-state index contributed by atoms with van der Waals surface area (Å²) >= 11 is 0. The van der Waals surface area contributed by atoms with Gasteiger partial charge in [-0.15, -0.1) is 0 Å². The second-order valence-electron chi connectivity index (χ2n) is 6.10. The molecular formula is C22H22O. The van der Waals surface area contributed by atoms with Crippen molar-refractivity contribution in [3.63, 3.8) is 0 Å². The molecule has 1 nitrogen and oxygen atoms in total. The molecule has 0 aliphatic heterocycles. The van der Waals surface area contributed by atoms with Crippen LogP contribution in [0.25, 0.3) is 10.8 Å². The van der Waals surface area contributed by atoms with E-state index in [-0.39, 0.29) is 5.78 Å². The first kappa shape index (κ1) is 15.5. The van der Waals surface area contributed by atoms with Crippen LogP contribution in [-0.4, -0.2) is 5.78 Å². The zero-order chi connectivity index (χ0) is 16.1. The lowest BCUT2D eigenvalue weighted by Crippen LogP contribution is -1.94. The molecule has 0 spiro atoms. The van der Waals surface area contributed by atoms with Crippen LogP contribution in [0.5, 0.6) is 0 Å². The molecule has 0 radical (unpaired) electrons. The molecule has 3 rings (SSSR count). The average Bonchev–Trinajstić information content (AvgIpc) is 2.59. The summed E-state index contributed by atoms with van der Waals surface area (Å²) in [6, 6.07) is 23.2. The van der Waals surface area contributed by atoms with Crippen molar-refractivity contribution in [2.45, 2.75) is 32.6 Å². The van der Waals surface area contributed by atoms with Crippen LogP contribution in [0, 0.1) is 0 Å². The summed E-state index contributed by atoms with van der Waals surface area (Å²) in [5, 5.41) is 2.70. The molecule has 116 valence electrons. The van der Waals surface area contributed by atoms with E-state index < -0.39 is 0 Å². The van der Waals surface area contributed by atoms with Gasteiger partial charge in [0.15, 0.2) is 5.78 Å². The first-order valence-electron chi connectivity index (χ1n) is 8.30. The second-order valence-corrected chi connectivity index (χ2v) is 6.10. The summed E-state index contributed by atoms with van der Waals surface area (Å²) in [7, 11) is 0. The maximum absolute atomic E-state index is 11.3. The SMILES string of the molecule is CC(=O)c1ccc(CCCCc2cccc3ccccc23)cc1. The van der Waals surface area contributed by atoms with Gasteiger partial charge >= 0.3 is 0 Å². The number of Topliss-reactive ketones (excluding diaryl/α,β-unsaturated/α-hetero) is 1. The third-order valence-corrected chi connectivity index (χ3v) is 4.40. The van der Waals surface area contributed by atoms with Crippen molar-refractivity contribution in [3.05, 3.63) is 83.4 Å². The molecule has 0 saturated heterocycles. The third kappa shape index (κ3) is 3.87. The zero-order valence-electron chi connectivity index (χ0n) is 13.6. The van der Waals surface area contributed by atoms with Gasteiger partial charge in [0.1, 0.15) is 0 Å². The van der Waals surface area contributed by atoms with Crippen LogP contribution in [0.3, 0.4) is 0 Å². The molecule has 0 saturated carbocycles. The highest BCUT2D eigenvalue weighted by Crippen LogP contribution is 2.20. The Labute approximate surface area is 138 Å². The van der Waals surface area contributed by atoms with Crippen LogP contribution in [0.4, 0.5) is 0 Å². The third-order valence-electron chi connectivity index (χ3n) is 4.40. The van der Waals surface area contributed by atoms with Crippen molar-refractivity contribution in [2.24, 2.45) is 0 Å². The lowest BCUT2D eigenvalue weighted by atomic mass is 9.98. The van der Waals surface area contributed by atoms with E-state index in [4.69, 9.17) is 0 Å². The Bertz CT molecular complexity index is 794. The van der Waals surface area contributed by atoms with Gasteiger partial charge in [-0.25, -0.2) is 0 Å². The fraction of sp³-hybridized carbons (Fsp3) is 0.227. The minimum atomic E-state index is 0.132. The van der Waals surface area contributed by atoms with E-state index in [1.54, 1.807) is 6.92 Å². The Balaban J connectivity index is 1.56. The zero-order valence-corrected chi connectivity index (χ0v) is 13.6. The minimum Gasteiger partial charge on any atom is -0.295 e. The van der Waals surface area contributed by atoms with Gasteiger partial charge in [-0.05, 0) is 54.5 Å². The summed E-state index contributed by atoms with van der Waals surface area (Å²) in [5.41, 5.74) is 3.55. The van der Waals surface area contributed by atoms with E-state index in [9.17, 15) is 4.79 Å². The number of unbranched alkanes of at least 4 members (excludes halogenated alkanes) is 1. The summed E-state index contributed by atoms with van der Waals surface area (Å²) < 4.78 is 0. The standard InChI is InChI=1S/C22H22O/c1-17(23)19-15-13-18(14-16-19)7-2-3-8-20-10-6-11-21-9-4-5-12-22(20)21/h4-6,9-16H,2-3,7-8H2,1H3. The van der Waals surface area contributed by atoms with Gasteiger partial charge in [-0.3, -0.25) is 4.79 Å². The van der Waals surface area contributed by atoms with Crippen LogP contribution < -0.4 is 0 Å². The van der Waals surface area contributed by atoms with Gasteiger partial charge in [0.2, 0.25) is 0 Å². The average molecular weight is 302 g/mol. The molecule has 3 aromatic rings. The topological polar surface area (TPSA) is 17.1 Å². The predicted octanol–water partition coefficient (Wildman–Crippen LogP) is 5.61. The number of aryl methyl sites for hydroxylation is 2. The fourth-order valence-corrected chi connectivity index (χ4v) is 3.06. The summed E-state index contributed by atoms with van der Waals surface area (Å²) in [6.45, 7) is 1.61.